The zero-order chi connectivity index (χ0) is 17.6. The molecule has 0 aromatic heterocycles. The van der Waals surface area contributed by atoms with E-state index in [4.69, 9.17) is 9.47 Å². The summed E-state index contributed by atoms with van der Waals surface area (Å²) in [5.74, 6) is 3.58. The fourth-order valence-electron chi connectivity index (χ4n) is 4.69. The Labute approximate surface area is 158 Å². The molecule has 0 bridgehead atoms. The van der Waals surface area contributed by atoms with Crippen LogP contribution in [0.2, 0.25) is 0 Å². The number of benzene rings is 1. The molecule has 1 saturated carbocycles. The molecule has 1 aromatic rings. The predicted molar refractivity (Wildman–Crippen MR) is 105 cm³/mol. The molecule has 0 spiro atoms. The van der Waals surface area contributed by atoms with Crippen LogP contribution in [-0.4, -0.2) is 50.3 Å². The van der Waals surface area contributed by atoms with E-state index in [1.165, 1.54) is 64.6 Å². The molecule has 4 nitrogen and oxygen atoms in total. The summed E-state index contributed by atoms with van der Waals surface area (Å²) >= 11 is 0. The zero-order valence-corrected chi connectivity index (χ0v) is 16.0. The fourth-order valence-corrected chi connectivity index (χ4v) is 4.69. The van der Waals surface area contributed by atoms with E-state index < -0.39 is 0 Å². The molecule has 26 heavy (non-hydrogen) atoms. The van der Waals surface area contributed by atoms with Gasteiger partial charge in [0.1, 0.15) is 12.7 Å². The van der Waals surface area contributed by atoms with Gasteiger partial charge in [0.2, 0.25) is 0 Å². The Hall–Kier alpha value is -1.26. The molecular formula is C22H34N2O2. The lowest BCUT2D eigenvalue weighted by Gasteiger charge is -2.33. The Balaban J connectivity index is 1.09. The van der Waals surface area contributed by atoms with E-state index in [1.54, 1.807) is 0 Å². The SMILES string of the molecule is c1ccc2c(c1)OCC(CNCC1CCN(CCC3CCCC3)CC1)O2. The standard InChI is InChI=1S/C22H34N2O2/c1-2-6-18(5-1)9-12-24-13-10-19(11-14-24)15-23-16-20-17-25-21-7-3-4-8-22(21)26-20/h3-4,7-8,18-20,23H,1-2,5-6,9-17H2. The van der Waals surface area contributed by atoms with Gasteiger partial charge in [0.25, 0.3) is 0 Å². The van der Waals surface area contributed by atoms with Crippen molar-refractivity contribution in [2.45, 2.75) is 51.0 Å². The maximum Gasteiger partial charge on any atom is 0.161 e. The van der Waals surface area contributed by atoms with Gasteiger partial charge in [-0.15, -0.1) is 0 Å². The smallest absolute Gasteiger partial charge is 0.161 e. The van der Waals surface area contributed by atoms with Crippen molar-refractivity contribution in [3.05, 3.63) is 24.3 Å². The van der Waals surface area contributed by atoms with Gasteiger partial charge in [0.15, 0.2) is 11.5 Å². The van der Waals surface area contributed by atoms with Crippen molar-refractivity contribution < 1.29 is 9.47 Å². The third-order valence-electron chi connectivity index (χ3n) is 6.41. The maximum absolute atomic E-state index is 6.02. The lowest BCUT2D eigenvalue weighted by molar-refractivity contribution is 0.0881. The number of ether oxygens (including phenoxy) is 2. The summed E-state index contributed by atoms with van der Waals surface area (Å²) in [6, 6.07) is 7.95. The van der Waals surface area contributed by atoms with Gasteiger partial charge in [-0.3, -0.25) is 0 Å². The molecule has 2 fully saturated rings. The Morgan fingerprint density at radius 1 is 0.923 bits per heavy atom. The molecule has 2 heterocycles. The van der Waals surface area contributed by atoms with Crippen molar-refractivity contribution in [3.63, 3.8) is 0 Å². The molecule has 1 unspecified atom stereocenters. The van der Waals surface area contributed by atoms with E-state index in [-0.39, 0.29) is 6.10 Å². The Bertz CT molecular complexity index is 551. The third kappa shape index (κ3) is 4.92. The number of fused-ring (bicyclic) bond motifs is 1. The van der Waals surface area contributed by atoms with Crippen LogP contribution in [0.25, 0.3) is 0 Å². The van der Waals surface area contributed by atoms with Crippen LogP contribution in [0.3, 0.4) is 0 Å². The van der Waals surface area contributed by atoms with Crippen LogP contribution < -0.4 is 14.8 Å². The molecule has 0 amide bonds. The summed E-state index contributed by atoms with van der Waals surface area (Å²) < 4.78 is 11.8. The second-order valence-corrected chi connectivity index (χ2v) is 8.38. The molecule has 2 aliphatic heterocycles. The van der Waals surface area contributed by atoms with Crippen LogP contribution in [0, 0.1) is 11.8 Å². The van der Waals surface area contributed by atoms with Gasteiger partial charge < -0.3 is 19.7 Å². The van der Waals surface area contributed by atoms with Gasteiger partial charge in [0.05, 0.1) is 0 Å². The highest BCUT2D eigenvalue weighted by molar-refractivity contribution is 5.40. The van der Waals surface area contributed by atoms with E-state index in [9.17, 15) is 0 Å². The topological polar surface area (TPSA) is 33.7 Å². The lowest BCUT2D eigenvalue weighted by atomic mass is 9.95. The third-order valence-corrected chi connectivity index (χ3v) is 6.41. The van der Waals surface area contributed by atoms with Crippen molar-refractivity contribution in [1.29, 1.82) is 0 Å². The van der Waals surface area contributed by atoms with Crippen molar-refractivity contribution in [2.75, 3.05) is 39.3 Å². The van der Waals surface area contributed by atoms with E-state index in [1.807, 2.05) is 24.3 Å². The largest absolute Gasteiger partial charge is 0.486 e. The molecule has 1 saturated heterocycles. The number of hydrogen-bond donors (Lipinski definition) is 1. The van der Waals surface area contributed by atoms with Gasteiger partial charge >= 0.3 is 0 Å². The summed E-state index contributed by atoms with van der Waals surface area (Å²) in [5.41, 5.74) is 0. The predicted octanol–water partition coefficient (Wildman–Crippen LogP) is 3.71. The number of rotatable bonds is 7. The van der Waals surface area contributed by atoms with Crippen LogP contribution in [0.15, 0.2) is 24.3 Å². The first-order valence-electron chi connectivity index (χ1n) is 10.7. The zero-order valence-electron chi connectivity index (χ0n) is 16.0. The number of hydrogen-bond acceptors (Lipinski definition) is 4. The normalized spacial score (nSPS) is 24.8. The van der Waals surface area contributed by atoms with Gasteiger partial charge in [-0.25, -0.2) is 0 Å². The molecular weight excluding hydrogens is 324 g/mol. The van der Waals surface area contributed by atoms with Crippen molar-refractivity contribution >= 4 is 0 Å². The highest BCUT2D eigenvalue weighted by Crippen LogP contribution is 2.31. The van der Waals surface area contributed by atoms with Gasteiger partial charge in [-0.2, -0.15) is 0 Å². The lowest BCUT2D eigenvalue weighted by Crippen LogP contribution is -2.42. The number of likely N-dealkylation sites (tertiary alicyclic amines) is 1. The summed E-state index contributed by atoms with van der Waals surface area (Å²) in [6.45, 7) is 6.53. The average molecular weight is 359 g/mol. The summed E-state index contributed by atoms with van der Waals surface area (Å²) in [4.78, 5) is 2.70. The van der Waals surface area contributed by atoms with Crippen LogP contribution in [0.4, 0.5) is 0 Å². The Morgan fingerprint density at radius 3 is 2.50 bits per heavy atom. The number of nitrogens with one attached hydrogen (secondary N) is 1. The molecule has 4 rings (SSSR count). The molecule has 4 heteroatoms. The molecule has 1 aromatic carbocycles. The van der Waals surface area contributed by atoms with E-state index in [2.05, 4.69) is 10.2 Å². The number of para-hydroxylation sites is 2. The van der Waals surface area contributed by atoms with Crippen molar-refractivity contribution in [2.24, 2.45) is 11.8 Å². The van der Waals surface area contributed by atoms with Gasteiger partial charge in [0, 0.05) is 6.54 Å². The van der Waals surface area contributed by atoms with Crippen LogP contribution in [-0.2, 0) is 0 Å². The molecule has 0 radical (unpaired) electrons. The molecule has 1 aliphatic carbocycles. The van der Waals surface area contributed by atoms with E-state index in [0.29, 0.717) is 6.61 Å². The van der Waals surface area contributed by atoms with Gasteiger partial charge in [-0.05, 0) is 69.4 Å². The Kier molecular flexibility index (Phi) is 6.34. The van der Waals surface area contributed by atoms with Crippen LogP contribution in [0.1, 0.15) is 44.9 Å². The van der Waals surface area contributed by atoms with Crippen molar-refractivity contribution in [1.82, 2.24) is 10.2 Å². The first-order valence-corrected chi connectivity index (χ1v) is 10.7. The van der Waals surface area contributed by atoms with E-state index in [0.717, 1.165) is 36.4 Å². The first-order chi connectivity index (χ1) is 12.9. The summed E-state index contributed by atoms with van der Waals surface area (Å²) in [5, 5.41) is 3.62. The summed E-state index contributed by atoms with van der Waals surface area (Å²) in [6.07, 6.45) is 10.1. The second-order valence-electron chi connectivity index (χ2n) is 8.38. The van der Waals surface area contributed by atoms with Crippen LogP contribution in [0.5, 0.6) is 11.5 Å². The van der Waals surface area contributed by atoms with Gasteiger partial charge in [-0.1, -0.05) is 37.8 Å². The minimum atomic E-state index is 0.122. The van der Waals surface area contributed by atoms with E-state index >= 15 is 0 Å². The second kappa shape index (κ2) is 9.09. The first kappa shape index (κ1) is 18.1. The van der Waals surface area contributed by atoms with Crippen LogP contribution >= 0.6 is 0 Å². The summed E-state index contributed by atoms with van der Waals surface area (Å²) in [7, 11) is 0. The number of piperidine rings is 1. The monoisotopic (exact) mass is 358 g/mol. The quantitative estimate of drug-likeness (QED) is 0.806. The molecule has 1 N–H and O–H groups in total. The molecule has 1 atom stereocenters. The van der Waals surface area contributed by atoms with Crippen molar-refractivity contribution in [3.8, 4) is 11.5 Å². The highest BCUT2D eigenvalue weighted by atomic mass is 16.6. The fraction of sp³-hybridized carbons (Fsp3) is 0.727. The molecule has 3 aliphatic rings. The highest BCUT2D eigenvalue weighted by Gasteiger charge is 2.23. The molecule has 144 valence electrons. The Morgan fingerprint density at radius 2 is 1.69 bits per heavy atom. The minimum absolute atomic E-state index is 0.122. The number of nitrogens with zero attached hydrogens (tertiary/aromatic N) is 1. The minimum Gasteiger partial charge on any atom is -0.486 e. The average Bonchev–Trinajstić information content (AvgIpc) is 3.21. The maximum atomic E-state index is 6.02.